The SMILES string of the molecule is COc1cccc(CNC(=O)c2cccc(Nc3nc4ccccc4nc3-n3nc(C)cc3C)c2)c1. The number of hydrogen-bond donors (Lipinski definition) is 2. The molecule has 3 aromatic carbocycles. The number of hydrogen-bond acceptors (Lipinski definition) is 6. The Morgan fingerprint density at radius 2 is 1.69 bits per heavy atom. The lowest BCUT2D eigenvalue weighted by Gasteiger charge is -2.14. The highest BCUT2D eigenvalue weighted by Gasteiger charge is 2.15. The van der Waals surface area contributed by atoms with Crippen molar-refractivity contribution < 1.29 is 9.53 Å². The Morgan fingerprint density at radius 1 is 0.917 bits per heavy atom. The van der Waals surface area contributed by atoms with Crippen LogP contribution < -0.4 is 15.4 Å². The van der Waals surface area contributed by atoms with E-state index >= 15 is 0 Å². The summed E-state index contributed by atoms with van der Waals surface area (Å²) >= 11 is 0. The van der Waals surface area contributed by atoms with Crippen LogP contribution in [0.3, 0.4) is 0 Å². The molecule has 1 amide bonds. The normalized spacial score (nSPS) is 10.9. The number of benzene rings is 3. The van der Waals surface area contributed by atoms with Gasteiger partial charge in [0.05, 0.1) is 23.8 Å². The van der Waals surface area contributed by atoms with Gasteiger partial charge >= 0.3 is 0 Å². The number of rotatable bonds is 7. The molecule has 0 saturated heterocycles. The molecule has 0 aliphatic carbocycles. The molecule has 2 heterocycles. The van der Waals surface area contributed by atoms with E-state index in [1.54, 1.807) is 23.9 Å². The molecule has 2 aromatic heterocycles. The van der Waals surface area contributed by atoms with Crippen molar-refractivity contribution in [1.82, 2.24) is 25.1 Å². The molecule has 0 unspecified atom stereocenters. The first kappa shape index (κ1) is 23.0. The second-order valence-electron chi connectivity index (χ2n) is 8.46. The third kappa shape index (κ3) is 4.88. The summed E-state index contributed by atoms with van der Waals surface area (Å²) in [6.45, 7) is 4.32. The van der Waals surface area contributed by atoms with Gasteiger partial charge in [-0.05, 0) is 67.9 Å². The first-order valence-corrected chi connectivity index (χ1v) is 11.6. The largest absolute Gasteiger partial charge is 0.497 e. The van der Waals surface area contributed by atoms with Crippen LogP contribution >= 0.6 is 0 Å². The summed E-state index contributed by atoms with van der Waals surface area (Å²) in [5.74, 6) is 1.72. The number of fused-ring (bicyclic) bond motifs is 1. The minimum atomic E-state index is -0.176. The predicted octanol–water partition coefficient (Wildman–Crippen LogP) is 5.11. The van der Waals surface area contributed by atoms with Crippen molar-refractivity contribution in [3.05, 3.63) is 101 Å². The van der Waals surface area contributed by atoms with Crippen molar-refractivity contribution in [2.45, 2.75) is 20.4 Å². The van der Waals surface area contributed by atoms with E-state index in [1.807, 2.05) is 80.6 Å². The van der Waals surface area contributed by atoms with Crippen LogP contribution in [0.2, 0.25) is 0 Å². The summed E-state index contributed by atoms with van der Waals surface area (Å²) in [6, 6.07) is 24.6. The van der Waals surface area contributed by atoms with Crippen molar-refractivity contribution in [1.29, 1.82) is 0 Å². The van der Waals surface area contributed by atoms with Crippen molar-refractivity contribution in [2.75, 3.05) is 12.4 Å². The summed E-state index contributed by atoms with van der Waals surface area (Å²) in [5, 5.41) is 10.9. The van der Waals surface area contributed by atoms with Crippen molar-refractivity contribution >= 4 is 28.4 Å². The van der Waals surface area contributed by atoms with Crippen LogP contribution in [0.4, 0.5) is 11.5 Å². The second-order valence-corrected chi connectivity index (χ2v) is 8.46. The lowest BCUT2D eigenvalue weighted by atomic mass is 10.1. The van der Waals surface area contributed by atoms with Gasteiger partial charge in [-0.2, -0.15) is 5.10 Å². The van der Waals surface area contributed by atoms with Gasteiger partial charge in [-0.25, -0.2) is 14.6 Å². The van der Waals surface area contributed by atoms with E-state index in [4.69, 9.17) is 14.7 Å². The highest BCUT2D eigenvalue weighted by Crippen LogP contribution is 2.25. The highest BCUT2D eigenvalue weighted by molar-refractivity contribution is 5.95. The maximum Gasteiger partial charge on any atom is 0.251 e. The molecule has 2 N–H and O–H groups in total. The maximum atomic E-state index is 12.9. The molecular weight excluding hydrogens is 452 g/mol. The van der Waals surface area contributed by atoms with Gasteiger partial charge in [0.25, 0.3) is 5.91 Å². The van der Waals surface area contributed by atoms with Gasteiger partial charge in [0.15, 0.2) is 11.6 Å². The summed E-state index contributed by atoms with van der Waals surface area (Å²) in [5.41, 5.74) is 5.58. The monoisotopic (exact) mass is 478 g/mol. The summed E-state index contributed by atoms with van der Waals surface area (Å²) in [7, 11) is 1.62. The Balaban J connectivity index is 1.42. The van der Waals surface area contributed by atoms with E-state index in [2.05, 4.69) is 15.7 Å². The fourth-order valence-corrected chi connectivity index (χ4v) is 4.01. The molecule has 0 atom stereocenters. The Morgan fingerprint density at radius 3 is 2.44 bits per heavy atom. The number of para-hydroxylation sites is 2. The van der Waals surface area contributed by atoms with Crippen molar-refractivity contribution in [3.8, 4) is 11.6 Å². The van der Waals surface area contributed by atoms with Crippen molar-refractivity contribution in [2.24, 2.45) is 0 Å². The third-order valence-electron chi connectivity index (χ3n) is 5.74. The Kier molecular flexibility index (Phi) is 6.32. The molecule has 0 bridgehead atoms. The fraction of sp³-hybridized carbons (Fsp3) is 0.143. The van der Waals surface area contributed by atoms with E-state index in [0.29, 0.717) is 23.7 Å². The van der Waals surface area contributed by atoms with Gasteiger partial charge in [-0.15, -0.1) is 0 Å². The number of carbonyl (C=O) groups excluding carboxylic acids is 1. The van der Waals surface area contributed by atoms with Crippen LogP contribution in [-0.2, 0) is 6.54 Å². The summed E-state index contributed by atoms with van der Waals surface area (Å²) in [4.78, 5) is 22.5. The molecule has 0 fully saturated rings. The molecule has 0 aliphatic rings. The summed E-state index contributed by atoms with van der Waals surface area (Å²) < 4.78 is 7.04. The zero-order chi connectivity index (χ0) is 25.1. The van der Waals surface area contributed by atoms with Crippen LogP contribution in [0.1, 0.15) is 27.3 Å². The van der Waals surface area contributed by atoms with E-state index < -0.39 is 0 Å². The van der Waals surface area contributed by atoms with E-state index in [0.717, 1.165) is 39.4 Å². The van der Waals surface area contributed by atoms with E-state index in [-0.39, 0.29) is 5.91 Å². The van der Waals surface area contributed by atoms with E-state index in [9.17, 15) is 4.79 Å². The van der Waals surface area contributed by atoms with Crippen LogP contribution in [-0.4, -0.2) is 32.8 Å². The zero-order valence-corrected chi connectivity index (χ0v) is 20.3. The molecular formula is C28H26N6O2. The number of aryl methyl sites for hydroxylation is 2. The average molecular weight is 479 g/mol. The molecule has 180 valence electrons. The van der Waals surface area contributed by atoms with Crippen LogP contribution in [0.15, 0.2) is 78.9 Å². The molecule has 8 nitrogen and oxygen atoms in total. The minimum absolute atomic E-state index is 0.176. The first-order chi connectivity index (χ1) is 17.5. The Labute approximate surface area is 209 Å². The number of anilines is 2. The van der Waals surface area contributed by atoms with Gasteiger partial charge in [0.1, 0.15) is 5.75 Å². The smallest absolute Gasteiger partial charge is 0.251 e. The fourth-order valence-electron chi connectivity index (χ4n) is 4.01. The van der Waals surface area contributed by atoms with Gasteiger partial charge in [0.2, 0.25) is 0 Å². The van der Waals surface area contributed by atoms with Gasteiger partial charge in [0, 0.05) is 23.5 Å². The number of methoxy groups -OCH3 is 1. The predicted molar refractivity (Wildman–Crippen MR) is 140 cm³/mol. The lowest BCUT2D eigenvalue weighted by molar-refractivity contribution is 0.0951. The number of nitrogens with one attached hydrogen (secondary N) is 2. The topological polar surface area (TPSA) is 94.0 Å². The highest BCUT2D eigenvalue weighted by atomic mass is 16.5. The number of aromatic nitrogens is 4. The molecule has 5 aromatic rings. The lowest BCUT2D eigenvalue weighted by Crippen LogP contribution is -2.22. The van der Waals surface area contributed by atoms with Crippen LogP contribution in [0, 0.1) is 13.8 Å². The van der Waals surface area contributed by atoms with Crippen molar-refractivity contribution in [3.63, 3.8) is 0 Å². The molecule has 0 saturated carbocycles. The van der Waals surface area contributed by atoms with E-state index in [1.165, 1.54) is 0 Å². The number of ether oxygens (including phenoxy) is 1. The van der Waals surface area contributed by atoms with Gasteiger partial charge in [-0.1, -0.05) is 30.3 Å². The van der Waals surface area contributed by atoms with Gasteiger partial charge in [-0.3, -0.25) is 4.79 Å². The van der Waals surface area contributed by atoms with Crippen LogP contribution in [0.25, 0.3) is 16.9 Å². The minimum Gasteiger partial charge on any atom is -0.497 e. The molecule has 0 aliphatic heterocycles. The number of amides is 1. The molecule has 0 radical (unpaired) electrons. The van der Waals surface area contributed by atoms with Gasteiger partial charge < -0.3 is 15.4 Å². The quantitative estimate of drug-likeness (QED) is 0.337. The number of carbonyl (C=O) groups is 1. The molecule has 8 heteroatoms. The Hall–Kier alpha value is -4.72. The maximum absolute atomic E-state index is 12.9. The third-order valence-corrected chi connectivity index (χ3v) is 5.74. The molecule has 5 rings (SSSR count). The Bertz CT molecular complexity index is 1560. The molecule has 36 heavy (non-hydrogen) atoms. The van der Waals surface area contributed by atoms with Crippen LogP contribution in [0.5, 0.6) is 5.75 Å². The molecule has 0 spiro atoms. The standard InChI is InChI=1S/C28H26N6O2/c1-18-14-19(2)34(33-18)27-26(31-24-12-4-5-13-25(24)32-27)30-22-10-7-9-21(16-22)28(35)29-17-20-8-6-11-23(15-20)36-3/h4-16H,17H2,1-3H3,(H,29,35)(H,30,31). The zero-order valence-electron chi connectivity index (χ0n) is 20.3. The second kappa shape index (κ2) is 9.87. The summed E-state index contributed by atoms with van der Waals surface area (Å²) in [6.07, 6.45) is 0. The average Bonchev–Trinajstić information content (AvgIpc) is 3.24. The number of nitrogens with zero attached hydrogens (tertiary/aromatic N) is 4. The first-order valence-electron chi connectivity index (χ1n) is 11.6.